The quantitative estimate of drug-likeness (QED) is 0.368. The monoisotopic (exact) mass is 565 g/mol. The average Bonchev–Trinajstić information content (AvgIpc) is 2.88. The molecule has 1 fully saturated rings. The van der Waals surface area contributed by atoms with Gasteiger partial charge in [0.2, 0.25) is 0 Å². The molecule has 2 N–H and O–H groups in total. The lowest BCUT2D eigenvalue weighted by Crippen LogP contribution is -2.56. The fourth-order valence-corrected chi connectivity index (χ4v) is 5.84. The number of likely N-dealkylation sites (N-methyl/N-ethyl adjacent to an activating group) is 1. The second-order valence-corrected chi connectivity index (χ2v) is 12.0. The zero-order chi connectivity index (χ0) is 30.1. The summed E-state index contributed by atoms with van der Waals surface area (Å²) in [5.41, 5.74) is 0.877. The molecule has 0 radical (unpaired) electrons. The summed E-state index contributed by atoms with van der Waals surface area (Å²) in [5, 5.41) is 22.3. The molecule has 0 aromatic carbocycles. The Hall–Kier alpha value is -1.91. The molecular weight excluding hydrogens is 514 g/mol. The van der Waals surface area contributed by atoms with Crippen molar-refractivity contribution in [3.8, 4) is 0 Å². The number of aliphatic hydroxyl groups is 2. The minimum atomic E-state index is -1.14. The lowest BCUT2D eigenvalue weighted by molar-refractivity contribution is -0.283. The fraction of sp³-hybridized carbons (Fsp3) is 0.774. The number of ketones is 1. The number of cyclic esters (lactones) is 1. The largest absolute Gasteiger partial charge is 0.462 e. The van der Waals surface area contributed by atoms with E-state index in [1.165, 1.54) is 0 Å². The van der Waals surface area contributed by atoms with Gasteiger partial charge in [0, 0.05) is 30.2 Å². The van der Waals surface area contributed by atoms with Crippen LogP contribution >= 0.6 is 0 Å². The van der Waals surface area contributed by atoms with Crippen molar-refractivity contribution in [2.45, 2.75) is 116 Å². The summed E-state index contributed by atoms with van der Waals surface area (Å²) < 4.78 is 18.2. The van der Waals surface area contributed by atoms with Gasteiger partial charge in [-0.1, -0.05) is 45.4 Å². The third kappa shape index (κ3) is 9.58. The van der Waals surface area contributed by atoms with E-state index in [1.807, 2.05) is 59.7 Å². The van der Waals surface area contributed by atoms with Gasteiger partial charge in [-0.25, -0.2) is 0 Å². The van der Waals surface area contributed by atoms with Gasteiger partial charge in [0.1, 0.15) is 18.5 Å². The van der Waals surface area contributed by atoms with E-state index in [0.29, 0.717) is 19.3 Å². The molecule has 0 amide bonds. The molecule has 9 nitrogen and oxygen atoms in total. The van der Waals surface area contributed by atoms with Crippen LogP contribution in [-0.2, 0) is 28.6 Å². The van der Waals surface area contributed by atoms with E-state index in [2.05, 4.69) is 0 Å². The molecule has 1 saturated heterocycles. The summed E-state index contributed by atoms with van der Waals surface area (Å²) in [6.07, 6.45) is 2.94. The van der Waals surface area contributed by atoms with Gasteiger partial charge in [-0.05, 0) is 59.2 Å². The highest BCUT2D eigenvalue weighted by molar-refractivity contribution is 5.91. The van der Waals surface area contributed by atoms with Crippen LogP contribution in [0.1, 0.15) is 73.6 Å². The van der Waals surface area contributed by atoms with E-state index in [9.17, 15) is 24.6 Å². The smallest absolute Gasteiger partial charge is 0.308 e. The Morgan fingerprint density at radius 1 is 1.10 bits per heavy atom. The van der Waals surface area contributed by atoms with E-state index in [4.69, 9.17) is 14.2 Å². The second kappa shape index (κ2) is 15.9. The molecule has 1 unspecified atom stereocenters. The van der Waals surface area contributed by atoms with Gasteiger partial charge in [0.15, 0.2) is 12.1 Å². The van der Waals surface area contributed by atoms with E-state index >= 15 is 0 Å². The zero-order valence-electron chi connectivity index (χ0n) is 25.5. The lowest BCUT2D eigenvalue weighted by Gasteiger charge is -2.44. The Kier molecular flexibility index (Phi) is 13.6. The molecule has 2 aliphatic heterocycles. The molecule has 0 bridgehead atoms. The third-order valence-electron chi connectivity index (χ3n) is 8.38. The van der Waals surface area contributed by atoms with E-state index < -0.39 is 48.3 Å². The maximum absolute atomic E-state index is 13.1. The summed E-state index contributed by atoms with van der Waals surface area (Å²) in [4.78, 5) is 39.7. The van der Waals surface area contributed by atoms with Crippen LogP contribution in [-0.4, -0.2) is 90.1 Å². The van der Waals surface area contributed by atoms with Crippen molar-refractivity contribution < 1.29 is 38.8 Å². The Morgan fingerprint density at radius 3 is 2.38 bits per heavy atom. The molecule has 2 aliphatic rings. The van der Waals surface area contributed by atoms with Crippen LogP contribution in [0.15, 0.2) is 23.8 Å². The van der Waals surface area contributed by atoms with Crippen molar-refractivity contribution in [3.63, 3.8) is 0 Å². The number of hydrogen-bond acceptors (Lipinski definition) is 9. The number of carbonyl (C=O) groups is 3. The third-order valence-corrected chi connectivity index (χ3v) is 8.38. The number of carbonyl (C=O) groups excluding carboxylic acids is 3. The Morgan fingerprint density at radius 2 is 1.77 bits per heavy atom. The van der Waals surface area contributed by atoms with Crippen molar-refractivity contribution in [2.24, 2.45) is 23.7 Å². The van der Waals surface area contributed by atoms with Gasteiger partial charge in [-0.15, -0.1) is 0 Å². The number of ether oxygens (including phenoxy) is 3. The molecule has 9 heteroatoms. The molecule has 0 aliphatic carbocycles. The number of nitrogens with zero attached hydrogens (tertiary/aromatic N) is 1. The highest BCUT2D eigenvalue weighted by Crippen LogP contribution is 2.34. The fourth-order valence-electron chi connectivity index (χ4n) is 5.84. The maximum Gasteiger partial charge on any atom is 0.308 e. The highest BCUT2D eigenvalue weighted by Gasteiger charge is 2.43. The van der Waals surface area contributed by atoms with Gasteiger partial charge in [0.25, 0.3) is 0 Å². The highest BCUT2D eigenvalue weighted by atomic mass is 16.7. The van der Waals surface area contributed by atoms with Crippen molar-refractivity contribution in [3.05, 3.63) is 23.8 Å². The lowest BCUT2D eigenvalue weighted by atomic mass is 9.79. The van der Waals surface area contributed by atoms with Crippen LogP contribution in [0.2, 0.25) is 0 Å². The molecule has 40 heavy (non-hydrogen) atoms. The first-order valence-electron chi connectivity index (χ1n) is 14.7. The average molecular weight is 566 g/mol. The van der Waals surface area contributed by atoms with Crippen molar-refractivity contribution in [2.75, 3.05) is 14.1 Å². The predicted molar refractivity (Wildman–Crippen MR) is 152 cm³/mol. The summed E-state index contributed by atoms with van der Waals surface area (Å²) in [6.45, 7) is 11.3. The van der Waals surface area contributed by atoms with Crippen molar-refractivity contribution in [1.82, 2.24) is 4.90 Å². The zero-order valence-corrected chi connectivity index (χ0v) is 25.5. The van der Waals surface area contributed by atoms with E-state index in [1.54, 1.807) is 19.1 Å². The Labute approximate surface area is 239 Å². The summed E-state index contributed by atoms with van der Waals surface area (Å²) >= 11 is 0. The normalized spacial score (nSPS) is 41.2. The molecule has 0 saturated carbocycles. The Bertz CT molecular complexity index is 902. The van der Waals surface area contributed by atoms with Crippen LogP contribution in [0, 0.1) is 23.7 Å². The molecule has 228 valence electrons. The number of rotatable bonds is 6. The first kappa shape index (κ1) is 34.3. The topological polar surface area (TPSA) is 123 Å². The van der Waals surface area contributed by atoms with Gasteiger partial charge in [-0.3, -0.25) is 9.59 Å². The molecular formula is C31H51NO8. The molecule has 11 atom stereocenters. The Balaban J connectivity index is 2.48. The predicted octanol–water partition coefficient (Wildman–Crippen LogP) is 3.46. The number of aldehydes is 1. The van der Waals surface area contributed by atoms with Crippen LogP contribution in [0.25, 0.3) is 0 Å². The number of hydrogen-bond donors (Lipinski definition) is 2. The molecule has 2 rings (SSSR count). The van der Waals surface area contributed by atoms with Gasteiger partial charge >= 0.3 is 5.97 Å². The van der Waals surface area contributed by atoms with Crippen LogP contribution in [0.5, 0.6) is 0 Å². The summed E-state index contributed by atoms with van der Waals surface area (Å²) in [6, 6.07) is -0.213. The minimum Gasteiger partial charge on any atom is -0.462 e. The first-order chi connectivity index (χ1) is 18.8. The van der Waals surface area contributed by atoms with Crippen molar-refractivity contribution >= 4 is 18.0 Å². The van der Waals surface area contributed by atoms with Gasteiger partial charge in [0.05, 0.1) is 24.7 Å². The van der Waals surface area contributed by atoms with Gasteiger partial charge < -0.3 is 34.1 Å². The van der Waals surface area contributed by atoms with E-state index in [-0.39, 0.29) is 42.8 Å². The van der Waals surface area contributed by atoms with Gasteiger partial charge in [-0.2, -0.15) is 0 Å². The van der Waals surface area contributed by atoms with Crippen LogP contribution in [0.3, 0.4) is 0 Å². The minimum absolute atomic E-state index is 0.0796. The summed E-state index contributed by atoms with van der Waals surface area (Å²) in [5.74, 6) is -2.20. The molecule has 0 spiro atoms. The van der Waals surface area contributed by atoms with Crippen LogP contribution < -0.4 is 0 Å². The SMILES string of the molecule is CC[C@H]1OC(=O)C[C@@H](O)[C@H](C)[C@@H](OC2O[C@H](C)C[C@@H](N(C)C)[C@H]2O)[C@H](CC=O)C[C@@H](C)C(=O)/C=C/C(C)=C/[C@@H]1C. The number of esters is 1. The summed E-state index contributed by atoms with van der Waals surface area (Å²) in [7, 11) is 3.76. The maximum atomic E-state index is 13.1. The van der Waals surface area contributed by atoms with E-state index in [0.717, 1.165) is 11.9 Å². The first-order valence-corrected chi connectivity index (χ1v) is 14.7. The van der Waals surface area contributed by atoms with Crippen LogP contribution in [0.4, 0.5) is 0 Å². The number of aliphatic hydroxyl groups excluding tert-OH is 2. The molecule has 0 aromatic rings. The molecule has 0 aromatic heterocycles. The standard InChI is InChI=1S/C31H51NO8/c1-9-27-20(4)14-18(2)10-11-25(34)19(3)15-23(12-13-33)30(22(6)26(35)17-28(36)39-27)40-31-29(37)24(32(7)8)16-21(5)38-31/h10-11,13-14,19-24,26-27,29-31,35,37H,9,12,15-17H2,1-8H3/b11-10+,18-14+/t19-,20+,21-,22+,23-,24-,26-,27-,29-,30-,31?/m1/s1. The second-order valence-electron chi connectivity index (χ2n) is 12.0. The molecule has 2 heterocycles. The number of allylic oxidation sites excluding steroid dienone is 3. The van der Waals surface area contributed by atoms with Crippen molar-refractivity contribution in [1.29, 1.82) is 0 Å².